The molecular weight excluding hydrogens is 391 g/mol. The summed E-state index contributed by atoms with van der Waals surface area (Å²) in [7, 11) is 0. The van der Waals surface area contributed by atoms with Crippen LogP contribution in [0.1, 0.15) is 5.56 Å². The van der Waals surface area contributed by atoms with E-state index in [1.165, 1.54) is 0 Å². The molecule has 1 aliphatic heterocycles. The van der Waals surface area contributed by atoms with Gasteiger partial charge in [0.15, 0.2) is 0 Å². The van der Waals surface area contributed by atoms with Gasteiger partial charge < -0.3 is 9.80 Å². The molecule has 1 amide bonds. The molecule has 1 fully saturated rings. The number of rotatable bonds is 3. The summed E-state index contributed by atoms with van der Waals surface area (Å²) in [4.78, 5) is 26.5. The van der Waals surface area contributed by atoms with Crippen LogP contribution in [0.25, 0.3) is 10.2 Å². The number of carbonyl (C=O) groups is 1. The number of amides is 1. The Hall–Kier alpha value is -1.89. The van der Waals surface area contributed by atoms with E-state index < -0.39 is 0 Å². The second-order valence-electron chi connectivity index (χ2n) is 6.08. The number of anilines is 1. The molecule has 2 aromatic heterocycles. The number of benzene rings is 1. The predicted molar refractivity (Wildman–Crippen MR) is 106 cm³/mol. The van der Waals surface area contributed by atoms with Crippen LogP contribution in [-0.2, 0) is 11.2 Å². The SMILES string of the molecule is O=C(Cc1c(Cl)cccc1Cl)N1CCN(c2ncnc3sccc23)CC1. The van der Waals surface area contributed by atoms with Crippen LogP contribution in [0.2, 0.25) is 10.0 Å². The van der Waals surface area contributed by atoms with Crippen molar-refractivity contribution < 1.29 is 4.79 Å². The lowest BCUT2D eigenvalue weighted by Gasteiger charge is -2.35. The molecule has 26 heavy (non-hydrogen) atoms. The maximum Gasteiger partial charge on any atom is 0.227 e. The molecule has 1 aromatic carbocycles. The van der Waals surface area contributed by atoms with Crippen molar-refractivity contribution in [2.24, 2.45) is 0 Å². The van der Waals surface area contributed by atoms with E-state index in [1.807, 2.05) is 16.3 Å². The molecule has 3 heterocycles. The van der Waals surface area contributed by atoms with Crippen molar-refractivity contribution in [3.8, 4) is 0 Å². The summed E-state index contributed by atoms with van der Waals surface area (Å²) >= 11 is 14.0. The van der Waals surface area contributed by atoms with Crippen LogP contribution < -0.4 is 4.90 Å². The number of aromatic nitrogens is 2. The third kappa shape index (κ3) is 3.37. The van der Waals surface area contributed by atoms with Gasteiger partial charge in [0.25, 0.3) is 0 Å². The third-order valence-corrected chi connectivity index (χ3v) is 6.09. The van der Waals surface area contributed by atoms with Gasteiger partial charge in [-0.1, -0.05) is 29.3 Å². The highest BCUT2D eigenvalue weighted by Gasteiger charge is 2.24. The van der Waals surface area contributed by atoms with Gasteiger partial charge in [-0.15, -0.1) is 11.3 Å². The van der Waals surface area contributed by atoms with Crippen LogP contribution >= 0.6 is 34.5 Å². The Morgan fingerprint density at radius 1 is 1.08 bits per heavy atom. The van der Waals surface area contributed by atoms with E-state index >= 15 is 0 Å². The van der Waals surface area contributed by atoms with Crippen molar-refractivity contribution in [2.45, 2.75) is 6.42 Å². The van der Waals surface area contributed by atoms with E-state index in [2.05, 4.69) is 14.9 Å². The minimum absolute atomic E-state index is 0.0445. The predicted octanol–water partition coefficient (Wildman–Crippen LogP) is 3.89. The number of hydrogen-bond donors (Lipinski definition) is 0. The Morgan fingerprint density at radius 2 is 1.81 bits per heavy atom. The van der Waals surface area contributed by atoms with Crippen LogP contribution in [0.4, 0.5) is 5.82 Å². The lowest BCUT2D eigenvalue weighted by Crippen LogP contribution is -2.49. The highest BCUT2D eigenvalue weighted by atomic mass is 35.5. The Morgan fingerprint density at radius 3 is 2.54 bits per heavy atom. The van der Waals surface area contributed by atoms with E-state index in [0.29, 0.717) is 28.7 Å². The number of hydrogen-bond acceptors (Lipinski definition) is 5. The summed E-state index contributed by atoms with van der Waals surface area (Å²) in [6.07, 6.45) is 1.83. The fraction of sp³-hybridized carbons (Fsp3) is 0.278. The summed E-state index contributed by atoms with van der Waals surface area (Å²) in [5.41, 5.74) is 0.694. The molecule has 0 bridgehead atoms. The van der Waals surface area contributed by atoms with Gasteiger partial charge in [0.05, 0.1) is 11.8 Å². The molecule has 0 atom stereocenters. The van der Waals surface area contributed by atoms with Crippen molar-refractivity contribution >= 4 is 56.5 Å². The number of fused-ring (bicyclic) bond motifs is 1. The molecule has 8 heteroatoms. The van der Waals surface area contributed by atoms with Gasteiger partial charge >= 0.3 is 0 Å². The monoisotopic (exact) mass is 406 g/mol. The summed E-state index contributed by atoms with van der Waals surface area (Å²) in [5, 5.41) is 4.16. The minimum atomic E-state index is 0.0445. The van der Waals surface area contributed by atoms with Crippen molar-refractivity contribution in [1.82, 2.24) is 14.9 Å². The van der Waals surface area contributed by atoms with Gasteiger partial charge in [-0.05, 0) is 29.1 Å². The van der Waals surface area contributed by atoms with Crippen molar-refractivity contribution in [3.63, 3.8) is 0 Å². The molecule has 0 N–H and O–H groups in total. The number of piperazine rings is 1. The molecule has 0 unspecified atom stereocenters. The minimum Gasteiger partial charge on any atom is -0.352 e. The molecule has 0 radical (unpaired) electrons. The van der Waals surface area contributed by atoms with Gasteiger partial charge in [0.1, 0.15) is 17.0 Å². The summed E-state index contributed by atoms with van der Waals surface area (Å²) in [5.74, 6) is 0.987. The zero-order valence-electron chi connectivity index (χ0n) is 13.9. The first-order valence-corrected chi connectivity index (χ1v) is 9.91. The third-order valence-electron chi connectivity index (χ3n) is 4.56. The standard InChI is InChI=1S/C18H16Cl2N4OS/c19-14-2-1-3-15(20)13(14)10-16(25)23-5-7-24(8-6-23)17-12-4-9-26-18(12)22-11-21-17/h1-4,9,11H,5-8,10H2. The first-order valence-electron chi connectivity index (χ1n) is 8.27. The number of thiophene rings is 1. The number of nitrogens with zero attached hydrogens (tertiary/aromatic N) is 4. The van der Waals surface area contributed by atoms with E-state index in [-0.39, 0.29) is 12.3 Å². The lowest BCUT2D eigenvalue weighted by atomic mass is 10.1. The van der Waals surface area contributed by atoms with E-state index in [1.54, 1.807) is 35.9 Å². The molecule has 1 saturated heterocycles. The topological polar surface area (TPSA) is 49.3 Å². The maximum absolute atomic E-state index is 12.7. The molecule has 4 rings (SSSR count). The van der Waals surface area contributed by atoms with Crippen LogP contribution in [0.3, 0.4) is 0 Å². The summed E-state index contributed by atoms with van der Waals surface area (Å²) in [6, 6.07) is 7.35. The van der Waals surface area contributed by atoms with Crippen LogP contribution in [-0.4, -0.2) is 47.0 Å². The van der Waals surface area contributed by atoms with Crippen molar-refractivity contribution in [3.05, 3.63) is 51.6 Å². The second kappa shape index (κ2) is 7.39. The molecule has 0 spiro atoms. The number of carbonyl (C=O) groups excluding carboxylic acids is 1. The Labute approximate surface area is 165 Å². The number of halogens is 2. The zero-order valence-corrected chi connectivity index (χ0v) is 16.2. The molecule has 0 saturated carbocycles. The molecular formula is C18H16Cl2N4OS. The van der Waals surface area contributed by atoms with Gasteiger partial charge in [-0.2, -0.15) is 0 Å². The fourth-order valence-electron chi connectivity index (χ4n) is 3.16. The average molecular weight is 407 g/mol. The van der Waals surface area contributed by atoms with Gasteiger partial charge in [0, 0.05) is 36.2 Å². The fourth-order valence-corrected chi connectivity index (χ4v) is 4.42. The largest absolute Gasteiger partial charge is 0.352 e. The Kier molecular flexibility index (Phi) is 4.98. The maximum atomic E-state index is 12.7. The molecule has 1 aliphatic rings. The first-order chi connectivity index (χ1) is 12.6. The summed E-state index contributed by atoms with van der Waals surface area (Å²) < 4.78 is 0. The van der Waals surface area contributed by atoms with Gasteiger partial charge in [-0.3, -0.25) is 4.79 Å². The average Bonchev–Trinajstić information content (AvgIpc) is 3.14. The molecule has 5 nitrogen and oxygen atoms in total. The van der Waals surface area contributed by atoms with E-state index in [9.17, 15) is 4.79 Å². The smallest absolute Gasteiger partial charge is 0.227 e. The van der Waals surface area contributed by atoms with Crippen LogP contribution in [0.15, 0.2) is 36.0 Å². The Balaban J connectivity index is 1.43. The normalized spacial score (nSPS) is 14.8. The van der Waals surface area contributed by atoms with E-state index in [0.717, 1.165) is 29.1 Å². The quantitative estimate of drug-likeness (QED) is 0.661. The van der Waals surface area contributed by atoms with E-state index in [4.69, 9.17) is 23.2 Å². The van der Waals surface area contributed by atoms with Crippen molar-refractivity contribution in [2.75, 3.05) is 31.1 Å². The summed E-state index contributed by atoms with van der Waals surface area (Å²) in [6.45, 7) is 2.78. The highest BCUT2D eigenvalue weighted by molar-refractivity contribution is 7.16. The lowest BCUT2D eigenvalue weighted by molar-refractivity contribution is -0.130. The highest BCUT2D eigenvalue weighted by Crippen LogP contribution is 2.28. The molecule has 0 aliphatic carbocycles. The molecule has 134 valence electrons. The Bertz CT molecular complexity index is 933. The van der Waals surface area contributed by atoms with Crippen LogP contribution in [0.5, 0.6) is 0 Å². The zero-order chi connectivity index (χ0) is 18.1. The van der Waals surface area contributed by atoms with Gasteiger partial charge in [-0.25, -0.2) is 9.97 Å². The second-order valence-corrected chi connectivity index (χ2v) is 7.79. The van der Waals surface area contributed by atoms with Gasteiger partial charge in [0.2, 0.25) is 5.91 Å². The first kappa shape index (κ1) is 17.5. The van der Waals surface area contributed by atoms with Crippen molar-refractivity contribution in [1.29, 1.82) is 0 Å². The molecule has 3 aromatic rings. The van der Waals surface area contributed by atoms with Crippen LogP contribution in [0, 0.1) is 0 Å².